The van der Waals surface area contributed by atoms with Crippen LogP contribution in [0.15, 0.2) is 17.5 Å². The van der Waals surface area contributed by atoms with Crippen LogP contribution in [0.1, 0.15) is 24.1 Å². The zero-order valence-electron chi connectivity index (χ0n) is 11.3. The molecule has 1 fully saturated rings. The highest BCUT2D eigenvalue weighted by molar-refractivity contribution is 7.10. The molecule has 1 aromatic rings. The summed E-state index contributed by atoms with van der Waals surface area (Å²) in [6.45, 7) is -3.25. The number of hydrogen-bond donors (Lipinski definition) is 4. The topological polar surface area (TPSA) is 116 Å². The Morgan fingerprint density at radius 3 is 2.76 bits per heavy atom. The Labute approximate surface area is 125 Å². The second-order valence-corrected chi connectivity index (χ2v) is 6.16. The number of aliphatic carboxylic acids is 1. The normalized spacial score (nSPS) is 24.5. The predicted octanol–water partition coefficient (Wildman–Crippen LogP) is -0.108. The molecule has 0 saturated carbocycles. The minimum atomic E-state index is -3.25. The molecule has 1 aliphatic rings. The van der Waals surface area contributed by atoms with E-state index in [-0.39, 0.29) is 25.2 Å². The van der Waals surface area contributed by atoms with Crippen LogP contribution in [0.3, 0.4) is 0 Å². The van der Waals surface area contributed by atoms with E-state index in [2.05, 4.69) is 5.32 Å². The average Bonchev–Trinajstić information content (AvgIpc) is 2.84. The summed E-state index contributed by atoms with van der Waals surface area (Å²) in [5.74, 6) is -2.30. The highest BCUT2D eigenvalue weighted by atomic mass is 32.1. The number of carboxylic acids is 1. The van der Waals surface area contributed by atoms with Gasteiger partial charge in [0.05, 0.1) is 12.8 Å². The molecule has 0 aliphatic carbocycles. The SMILES string of the molecule is O=C(O)C[C@@H]1CC[C@H](NC(=O)Cc2cccs2)[B-](O)(O)O1. The van der Waals surface area contributed by atoms with Gasteiger partial charge in [-0.1, -0.05) is 12.5 Å². The van der Waals surface area contributed by atoms with Gasteiger partial charge in [-0.15, -0.1) is 11.3 Å². The Kier molecular flexibility index (Phi) is 4.99. The molecule has 0 bridgehead atoms. The first-order chi connectivity index (χ1) is 9.87. The zero-order chi connectivity index (χ0) is 15.5. The van der Waals surface area contributed by atoms with Gasteiger partial charge in [-0.25, -0.2) is 0 Å². The first-order valence-electron chi connectivity index (χ1n) is 6.67. The minimum Gasteiger partial charge on any atom is -0.558 e. The maximum absolute atomic E-state index is 11.9. The molecule has 0 aromatic carbocycles. The summed E-state index contributed by atoms with van der Waals surface area (Å²) in [7, 11) is 0. The number of nitrogens with one attached hydrogen (secondary N) is 1. The molecule has 1 aliphatic heterocycles. The lowest BCUT2D eigenvalue weighted by Crippen LogP contribution is -2.63. The van der Waals surface area contributed by atoms with E-state index in [1.807, 2.05) is 17.5 Å². The number of carbonyl (C=O) groups is 2. The van der Waals surface area contributed by atoms with Crippen molar-refractivity contribution < 1.29 is 29.4 Å². The van der Waals surface area contributed by atoms with E-state index < -0.39 is 24.8 Å². The number of carboxylic acid groups (broad SMARTS) is 1. The van der Waals surface area contributed by atoms with Crippen molar-refractivity contribution >= 4 is 30.0 Å². The highest BCUT2D eigenvalue weighted by Crippen LogP contribution is 2.24. The Bertz CT molecular complexity index is 506. The molecular formula is C12H17BNO6S-. The van der Waals surface area contributed by atoms with Gasteiger partial charge in [-0.2, -0.15) is 0 Å². The molecule has 0 spiro atoms. The summed E-state index contributed by atoms with van der Waals surface area (Å²) >= 11 is 1.44. The van der Waals surface area contributed by atoms with Crippen molar-refractivity contribution in [3.63, 3.8) is 0 Å². The molecule has 1 amide bonds. The molecule has 2 heterocycles. The molecule has 9 heteroatoms. The number of carbonyl (C=O) groups excluding carboxylic acids is 1. The summed E-state index contributed by atoms with van der Waals surface area (Å²) in [6.07, 6.45) is -0.260. The summed E-state index contributed by atoms with van der Waals surface area (Å²) < 4.78 is 5.01. The fourth-order valence-electron chi connectivity index (χ4n) is 2.38. The van der Waals surface area contributed by atoms with Crippen LogP contribution < -0.4 is 5.32 Å². The van der Waals surface area contributed by atoms with Gasteiger partial charge >= 0.3 is 12.7 Å². The van der Waals surface area contributed by atoms with E-state index in [0.717, 1.165) is 4.88 Å². The van der Waals surface area contributed by atoms with E-state index in [1.165, 1.54) is 11.3 Å². The van der Waals surface area contributed by atoms with Crippen molar-refractivity contribution in [1.29, 1.82) is 0 Å². The van der Waals surface area contributed by atoms with Crippen LogP contribution >= 0.6 is 11.3 Å². The summed E-state index contributed by atoms with van der Waals surface area (Å²) in [5.41, 5.74) is 0. The van der Waals surface area contributed by atoms with Crippen LogP contribution in [-0.2, 0) is 20.7 Å². The molecule has 4 N–H and O–H groups in total. The van der Waals surface area contributed by atoms with Crippen molar-refractivity contribution in [3.05, 3.63) is 22.4 Å². The lowest BCUT2D eigenvalue weighted by molar-refractivity contribution is -0.140. The Morgan fingerprint density at radius 1 is 1.43 bits per heavy atom. The molecule has 2 atom stereocenters. The molecule has 1 aromatic heterocycles. The van der Waals surface area contributed by atoms with Gasteiger partial charge in [0.2, 0.25) is 5.91 Å². The number of rotatable bonds is 5. The van der Waals surface area contributed by atoms with E-state index >= 15 is 0 Å². The minimum absolute atomic E-state index is 0.166. The largest absolute Gasteiger partial charge is 0.558 e. The number of amides is 1. The van der Waals surface area contributed by atoms with E-state index in [4.69, 9.17) is 9.76 Å². The van der Waals surface area contributed by atoms with E-state index in [1.54, 1.807) is 0 Å². The van der Waals surface area contributed by atoms with Gasteiger partial charge in [-0.3, -0.25) is 9.59 Å². The van der Waals surface area contributed by atoms with Crippen LogP contribution in [0.4, 0.5) is 0 Å². The Hall–Kier alpha value is -1.42. The molecular weight excluding hydrogens is 297 g/mol. The Balaban J connectivity index is 1.89. The van der Waals surface area contributed by atoms with Crippen molar-refractivity contribution in [2.45, 2.75) is 37.7 Å². The second-order valence-electron chi connectivity index (χ2n) is 5.12. The maximum Gasteiger partial charge on any atom is 0.396 e. The van der Waals surface area contributed by atoms with E-state index in [0.29, 0.717) is 6.42 Å². The molecule has 7 nitrogen and oxygen atoms in total. The van der Waals surface area contributed by atoms with Gasteiger partial charge in [0.15, 0.2) is 0 Å². The summed E-state index contributed by atoms with van der Waals surface area (Å²) in [5, 5.41) is 32.9. The van der Waals surface area contributed by atoms with Crippen LogP contribution in [0.25, 0.3) is 0 Å². The quantitative estimate of drug-likeness (QED) is 0.564. The third-order valence-corrected chi connectivity index (χ3v) is 4.26. The van der Waals surface area contributed by atoms with Gasteiger partial charge in [-0.05, 0) is 23.8 Å². The van der Waals surface area contributed by atoms with E-state index in [9.17, 15) is 19.6 Å². The van der Waals surface area contributed by atoms with Crippen LogP contribution in [0.2, 0.25) is 0 Å². The number of hydrogen-bond acceptors (Lipinski definition) is 6. The standard InChI is InChI=1S/C12H17BNO6S/c15-11(7-9-2-1-5-21-9)14-10-4-3-8(6-12(16)17)20-13(10,18)19/h1-2,5,8,10,18-19H,3-4,6-7H2,(H,14,15)(H,16,17)/q-1/t8-,10-/m0/s1. The molecule has 0 radical (unpaired) electrons. The molecule has 21 heavy (non-hydrogen) atoms. The fourth-order valence-corrected chi connectivity index (χ4v) is 3.09. The van der Waals surface area contributed by atoms with Crippen LogP contribution in [0.5, 0.6) is 0 Å². The van der Waals surface area contributed by atoms with Crippen molar-refractivity contribution in [2.75, 3.05) is 0 Å². The summed E-state index contributed by atoms with van der Waals surface area (Å²) in [6, 6.07) is 3.65. The smallest absolute Gasteiger partial charge is 0.396 e. The molecule has 1 saturated heterocycles. The Morgan fingerprint density at radius 2 is 2.19 bits per heavy atom. The van der Waals surface area contributed by atoms with Crippen LogP contribution in [-0.4, -0.2) is 45.8 Å². The van der Waals surface area contributed by atoms with Crippen molar-refractivity contribution in [3.8, 4) is 0 Å². The maximum atomic E-state index is 11.9. The van der Waals surface area contributed by atoms with Crippen molar-refractivity contribution in [2.24, 2.45) is 0 Å². The lowest BCUT2D eigenvalue weighted by atomic mass is 9.64. The highest BCUT2D eigenvalue weighted by Gasteiger charge is 2.39. The lowest BCUT2D eigenvalue weighted by Gasteiger charge is -2.45. The average molecular weight is 314 g/mol. The molecule has 2 rings (SSSR count). The third kappa shape index (κ3) is 4.53. The van der Waals surface area contributed by atoms with Gasteiger partial charge in [0.1, 0.15) is 0 Å². The fraction of sp³-hybridized carbons (Fsp3) is 0.500. The van der Waals surface area contributed by atoms with Crippen LogP contribution in [0, 0.1) is 0 Å². The zero-order valence-corrected chi connectivity index (χ0v) is 12.1. The number of thiophene rings is 1. The molecule has 116 valence electrons. The monoisotopic (exact) mass is 314 g/mol. The first-order valence-corrected chi connectivity index (χ1v) is 7.55. The predicted molar refractivity (Wildman–Crippen MR) is 76.5 cm³/mol. The summed E-state index contributed by atoms with van der Waals surface area (Å²) in [4.78, 5) is 23.3. The second kappa shape index (κ2) is 6.57. The van der Waals surface area contributed by atoms with Gasteiger partial charge < -0.3 is 25.1 Å². The van der Waals surface area contributed by atoms with Gasteiger partial charge in [0, 0.05) is 11.0 Å². The van der Waals surface area contributed by atoms with Gasteiger partial charge in [0.25, 0.3) is 0 Å². The van der Waals surface area contributed by atoms with Crippen molar-refractivity contribution in [1.82, 2.24) is 5.32 Å². The molecule has 0 unspecified atom stereocenters. The third-order valence-electron chi connectivity index (χ3n) is 3.38. The first kappa shape index (κ1) is 16.0.